The van der Waals surface area contributed by atoms with Gasteiger partial charge in [-0.2, -0.15) is 17.4 Å². The highest BCUT2D eigenvalue weighted by atomic mass is 32.2. The van der Waals surface area contributed by atoms with Gasteiger partial charge in [0.25, 0.3) is 10.2 Å². The maximum absolute atomic E-state index is 11.5. The Labute approximate surface area is 125 Å². The zero-order valence-corrected chi connectivity index (χ0v) is 13.2. The third-order valence-electron chi connectivity index (χ3n) is 2.77. The molecule has 0 heterocycles. The summed E-state index contributed by atoms with van der Waals surface area (Å²) >= 11 is 0. The molecule has 1 amide bonds. The van der Waals surface area contributed by atoms with Gasteiger partial charge in [0.15, 0.2) is 0 Å². The van der Waals surface area contributed by atoms with Crippen molar-refractivity contribution >= 4 is 16.1 Å². The maximum atomic E-state index is 11.5. The monoisotopic (exact) mass is 315 g/mol. The van der Waals surface area contributed by atoms with Crippen LogP contribution in [0.15, 0.2) is 24.3 Å². The largest absolute Gasteiger partial charge is 0.497 e. The molecule has 8 heteroatoms. The minimum Gasteiger partial charge on any atom is -0.497 e. The number of hydrogen-bond acceptors (Lipinski definition) is 4. The lowest BCUT2D eigenvalue weighted by atomic mass is 10.1. The summed E-state index contributed by atoms with van der Waals surface area (Å²) in [5, 5.41) is 2.65. The molecule has 0 bridgehead atoms. The highest BCUT2D eigenvalue weighted by molar-refractivity contribution is 7.87. The quantitative estimate of drug-likeness (QED) is 0.692. The lowest BCUT2D eigenvalue weighted by Crippen LogP contribution is -2.42. The van der Waals surface area contributed by atoms with Crippen molar-refractivity contribution in [2.45, 2.75) is 6.42 Å². The smallest absolute Gasteiger partial charge is 0.279 e. The molecular formula is C13H21N3O4S. The van der Waals surface area contributed by atoms with Crippen molar-refractivity contribution < 1.29 is 17.9 Å². The van der Waals surface area contributed by atoms with Crippen molar-refractivity contribution in [3.63, 3.8) is 0 Å². The fourth-order valence-electron chi connectivity index (χ4n) is 1.52. The van der Waals surface area contributed by atoms with Crippen molar-refractivity contribution in [1.82, 2.24) is 14.3 Å². The molecule has 1 aromatic carbocycles. The molecule has 0 radical (unpaired) electrons. The number of hydrogen-bond donors (Lipinski definition) is 2. The molecule has 21 heavy (non-hydrogen) atoms. The average Bonchev–Trinajstić information content (AvgIpc) is 2.45. The molecule has 2 N–H and O–H groups in total. The number of ether oxygens (including phenoxy) is 1. The number of benzene rings is 1. The number of rotatable bonds is 8. The van der Waals surface area contributed by atoms with Gasteiger partial charge in [0.2, 0.25) is 5.91 Å². The summed E-state index contributed by atoms with van der Waals surface area (Å²) in [5.74, 6) is 0.390. The van der Waals surface area contributed by atoms with Crippen LogP contribution in [-0.4, -0.2) is 52.9 Å². The van der Waals surface area contributed by atoms with Gasteiger partial charge in [0.05, 0.1) is 13.7 Å². The Hall–Kier alpha value is -1.64. The Morgan fingerprint density at radius 1 is 1.33 bits per heavy atom. The third-order valence-corrected chi connectivity index (χ3v) is 4.24. The molecule has 118 valence electrons. The van der Waals surface area contributed by atoms with Crippen molar-refractivity contribution in [2.75, 3.05) is 34.3 Å². The molecule has 1 rings (SSSR count). The van der Waals surface area contributed by atoms with E-state index in [1.54, 1.807) is 7.11 Å². The minimum absolute atomic E-state index is 0.279. The highest BCUT2D eigenvalue weighted by Crippen LogP contribution is 2.12. The molecule has 1 aromatic rings. The minimum atomic E-state index is -3.57. The van der Waals surface area contributed by atoms with Gasteiger partial charge in [-0.3, -0.25) is 4.79 Å². The predicted molar refractivity (Wildman–Crippen MR) is 80.3 cm³/mol. The van der Waals surface area contributed by atoms with Gasteiger partial charge in [-0.1, -0.05) is 12.1 Å². The molecule has 0 aromatic heterocycles. The van der Waals surface area contributed by atoms with Crippen LogP contribution in [0.3, 0.4) is 0 Å². The molecule has 0 saturated heterocycles. The van der Waals surface area contributed by atoms with Crippen LogP contribution in [0.4, 0.5) is 0 Å². The fourth-order valence-corrected chi connectivity index (χ4v) is 2.09. The SMILES string of the molecule is COc1cccc(CCNC(=O)CNS(=O)(=O)N(C)C)c1. The maximum Gasteiger partial charge on any atom is 0.279 e. The standard InChI is InChI=1S/C13H21N3O4S/c1-16(2)21(18,19)15-10-13(17)14-8-7-11-5-4-6-12(9-11)20-3/h4-6,9,15H,7-8,10H2,1-3H3,(H,14,17). The fraction of sp³-hybridized carbons (Fsp3) is 0.462. The first-order chi connectivity index (χ1) is 9.85. The molecule has 0 aliphatic heterocycles. The second-order valence-electron chi connectivity index (χ2n) is 4.56. The number of carbonyl (C=O) groups is 1. The lowest BCUT2D eigenvalue weighted by molar-refractivity contribution is -0.119. The van der Waals surface area contributed by atoms with E-state index in [-0.39, 0.29) is 12.5 Å². The zero-order valence-electron chi connectivity index (χ0n) is 12.4. The van der Waals surface area contributed by atoms with Crippen molar-refractivity contribution in [3.8, 4) is 5.75 Å². The first-order valence-corrected chi connectivity index (χ1v) is 7.86. The van der Waals surface area contributed by atoms with Crippen molar-refractivity contribution in [3.05, 3.63) is 29.8 Å². The highest BCUT2D eigenvalue weighted by Gasteiger charge is 2.14. The summed E-state index contributed by atoms with van der Waals surface area (Å²) in [4.78, 5) is 11.5. The van der Waals surface area contributed by atoms with Crippen LogP contribution in [0.1, 0.15) is 5.56 Å². The van der Waals surface area contributed by atoms with Crippen LogP contribution in [0.5, 0.6) is 5.75 Å². The van der Waals surface area contributed by atoms with E-state index in [1.165, 1.54) is 14.1 Å². The van der Waals surface area contributed by atoms with Crippen LogP contribution >= 0.6 is 0 Å². The van der Waals surface area contributed by atoms with Crippen LogP contribution in [0.25, 0.3) is 0 Å². The van der Waals surface area contributed by atoms with E-state index in [1.807, 2.05) is 24.3 Å². The van der Waals surface area contributed by atoms with Crippen LogP contribution in [0.2, 0.25) is 0 Å². The Bertz CT molecular complexity index is 573. The third kappa shape index (κ3) is 6.11. The summed E-state index contributed by atoms with van der Waals surface area (Å²) in [5.41, 5.74) is 1.03. The number of nitrogens with zero attached hydrogens (tertiary/aromatic N) is 1. The van der Waals surface area contributed by atoms with Gasteiger partial charge in [0.1, 0.15) is 5.75 Å². The molecule has 0 aliphatic rings. The van der Waals surface area contributed by atoms with E-state index in [0.29, 0.717) is 13.0 Å². The number of methoxy groups -OCH3 is 1. The summed E-state index contributed by atoms with van der Waals surface area (Å²) in [6.45, 7) is 0.147. The second kappa shape index (κ2) is 7.96. The van der Waals surface area contributed by atoms with E-state index >= 15 is 0 Å². The van der Waals surface area contributed by atoms with E-state index < -0.39 is 10.2 Å². The van der Waals surface area contributed by atoms with Gasteiger partial charge in [-0.05, 0) is 24.1 Å². The van der Waals surface area contributed by atoms with E-state index in [4.69, 9.17) is 4.74 Å². The molecule has 0 unspecified atom stereocenters. The Morgan fingerprint density at radius 2 is 2.05 bits per heavy atom. The summed E-state index contributed by atoms with van der Waals surface area (Å²) in [6.07, 6.45) is 0.642. The first-order valence-electron chi connectivity index (χ1n) is 6.42. The molecule has 7 nitrogen and oxygen atoms in total. The summed E-state index contributed by atoms with van der Waals surface area (Å²) < 4.78 is 31.2. The topological polar surface area (TPSA) is 87.7 Å². The predicted octanol–water partition coefficient (Wildman–Crippen LogP) is -0.250. The van der Waals surface area contributed by atoms with Gasteiger partial charge < -0.3 is 10.1 Å². The van der Waals surface area contributed by atoms with E-state index in [9.17, 15) is 13.2 Å². The van der Waals surface area contributed by atoms with E-state index in [2.05, 4.69) is 10.0 Å². The van der Waals surface area contributed by atoms with Gasteiger partial charge >= 0.3 is 0 Å². The number of amides is 1. The van der Waals surface area contributed by atoms with Crippen molar-refractivity contribution in [1.29, 1.82) is 0 Å². The Balaban J connectivity index is 2.34. The Kier molecular flexibility index (Phi) is 6.60. The van der Waals surface area contributed by atoms with Crippen LogP contribution < -0.4 is 14.8 Å². The van der Waals surface area contributed by atoms with Crippen LogP contribution in [-0.2, 0) is 21.4 Å². The first kappa shape index (κ1) is 17.4. The molecule has 0 saturated carbocycles. The molecule has 0 fully saturated rings. The molecule has 0 spiro atoms. The van der Waals surface area contributed by atoms with Gasteiger partial charge in [-0.15, -0.1) is 0 Å². The number of carbonyl (C=O) groups excluding carboxylic acids is 1. The summed E-state index contributed by atoms with van der Waals surface area (Å²) in [7, 11) is 0.805. The second-order valence-corrected chi connectivity index (χ2v) is 6.53. The Morgan fingerprint density at radius 3 is 2.67 bits per heavy atom. The van der Waals surface area contributed by atoms with Crippen LogP contribution in [0, 0.1) is 0 Å². The lowest BCUT2D eigenvalue weighted by Gasteiger charge is -2.12. The number of nitrogens with one attached hydrogen (secondary N) is 2. The van der Waals surface area contributed by atoms with Gasteiger partial charge in [0, 0.05) is 20.6 Å². The zero-order chi connectivity index (χ0) is 15.9. The molecular weight excluding hydrogens is 294 g/mol. The van der Waals surface area contributed by atoms with Crippen molar-refractivity contribution in [2.24, 2.45) is 0 Å². The average molecular weight is 315 g/mol. The molecule has 0 aliphatic carbocycles. The summed E-state index contributed by atoms with van der Waals surface area (Å²) in [6, 6.07) is 7.55. The van der Waals surface area contributed by atoms with Gasteiger partial charge in [-0.25, -0.2) is 0 Å². The molecule has 0 atom stereocenters. The normalized spacial score (nSPS) is 11.4. The van der Waals surface area contributed by atoms with E-state index in [0.717, 1.165) is 15.6 Å².